The van der Waals surface area contributed by atoms with E-state index in [1.807, 2.05) is 11.8 Å². The molecule has 0 saturated carbocycles. The Morgan fingerprint density at radius 1 is 1.44 bits per heavy atom. The molecule has 2 heterocycles. The number of carbonyl (C=O) groups excluding carboxylic acids is 1. The summed E-state index contributed by atoms with van der Waals surface area (Å²) in [7, 11) is 0. The van der Waals surface area contributed by atoms with Gasteiger partial charge in [0.2, 0.25) is 6.41 Å². The van der Waals surface area contributed by atoms with Gasteiger partial charge in [0, 0.05) is 26.2 Å². The number of likely N-dealkylation sites (tertiary alicyclic amines) is 1. The Morgan fingerprint density at radius 2 is 2.22 bits per heavy atom. The molecule has 2 aliphatic heterocycles. The first-order chi connectivity index (χ1) is 8.67. The summed E-state index contributed by atoms with van der Waals surface area (Å²) >= 11 is 0. The average molecular weight is 256 g/mol. The van der Waals surface area contributed by atoms with Crippen LogP contribution in [0.2, 0.25) is 0 Å². The Bertz CT molecular complexity index is 228. The van der Waals surface area contributed by atoms with Gasteiger partial charge < -0.3 is 15.0 Å². The van der Waals surface area contributed by atoms with Gasteiger partial charge in [0.1, 0.15) is 0 Å². The lowest BCUT2D eigenvalue weighted by Gasteiger charge is -2.13. The van der Waals surface area contributed by atoms with Crippen LogP contribution in [0.4, 0.5) is 0 Å². The summed E-state index contributed by atoms with van der Waals surface area (Å²) in [6.07, 6.45) is 3.84. The topological polar surface area (TPSA) is 41.6 Å². The van der Waals surface area contributed by atoms with Crippen LogP contribution in [-0.4, -0.2) is 50.2 Å². The third-order valence-electron chi connectivity index (χ3n) is 3.77. The highest BCUT2D eigenvalue weighted by Gasteiger charge is 2.23. The number of hydrogen-bond acceptors (Lipinski definition) is 3. The van der Waals surface area contributed by atoms with Crippen LogP contribution >= 0.6 is 0 Å². The molecule has 0 spiro atoms. The van der Waals surface area contributed by atoms with E-state index in [1.165, 1.54) is 12.8 Å². The third kappa shape index (κ3) is 5.36. The molecular formula is C14H28N2O2. The maximum atomic E-state index is 10.3. The van der Waals surface area contributed by atoms with Crippen LogP contribution in [0, 0.1) is 11.8 Å². The Morgan fingerprint density at radius 3 is 2.61 bits per heavy atom. The molecule has 1 amide bonds. The minimum absolute atomic E-state index is 0.500. The first-order valence-electron chi connectivity index (χ1n) is 7.19. The van der Waals surface area contributed by atoms with Gasteiger partial charge in [0.25, 0.3) is 0 Å². The van der Waals surface area contributed by atoms with Gasteiger partial charge in [-0.05, 0) is 38.1 Å². The number of ether oxygens (including phenoxy) is 1. The number of amides is 1. The molecule has 106 valence electrons. The van der Waals surface area contributed by atoms with Crippen molar-refractivity contribution in [3.05, 3.63) is 0 Å². The van der Waals surface area contributed by atoms with Crippen LogP contribution in [-0.2, 0) is 9.53 Å². The minimum atomic E-state index is 0.500. The summed E-state index contributed by atoms with van der Waals surface area (Å²) in [5.74, 6) is 1.47. The van der Waals surface area contributed by atoms with Crippen molar-refractivity contribution in [3.63, 3.8) is 0 Å². The second-order valence-electron chi connectivity index (χ2n) is 5.46. The zero-order valence-electron chi connectivity index (χ0n) is 12.0. The highest BCUT2D eigenvalue weighted by molar-refractivity contribution is 5.47. The predicted molar refractivity (Wildman–Crippen MR) is 73.5 cm³/mol. The molecule has 1 N–H and O–H groups in total. The summed E-state index contributed by atoms with van der Waals surface area (Å²) in [6, 6.07) is 0. The van der Waals surface area contributed by atoms with Crippen LogP contribution in [0.3, 0.4) is 0 Å². The lowest BCUT2D eigenvalue weighted by atomic mass is 9.95. The van der Waals surface area contributed by atoms with Crippen LogP contribution in [0.1, 0.15) is 33.6 Å². The minimum Gasteiger partial charge on any atom is -0.377 e. The fourth-order valence-electron chi connectivity index (χ4n) is 2.46. The van der Waals surface area contributed by atoms with E-state index < -0.39 is 0 Å². The molecule has 2 fully saturated rings. The Balaban J connectivity index is 0.000000184. The number of nitrogens with one attached hydrogen (secondary N) is 1. The summed E-state index contributed by atoms with van der Waals surface area (Å²) < 4.78 is 5.34. The van der Waals surface area contributed by atoms with Crippen molar-refractivity contribution in [1.29, 1.82) is 0 Å². The molecule has 0 aromatic rings. The number of rotatable bonds is 4. The Kier molecular flexibility index (Phi) is 7.28. The molecule has 2 atom stereocenters. The van der Waals surface area contributed by atoms with Crippen LogP contribution in [0.5, 0.6) is 0 Å². The molecule has 4 nitrogen and oxygen atoms in total. The van der Waals surface area contributed by atoms with Gasteiger partial charge in [-0.15, -0.1) is 0 Å². The van der Waals surface area contributed by atoms with Gasteiger partial charge in [0.15, 0.2) is 0 Å². The van der Waals surface area contributed by atoms with Crippen molar-refractivity contribution in [2.24, 2.45) is 11.8 Å². The van der Waals surface area contributed by atoms with Crippen LogP contribution in [0.25, 0.3) is 0 Å². The van der Waals surface area contributed by atoms with Crippen molar-refractivity contribution in [1.82, 2.24) is 10.2 Å². The maximum Gasteiger partial charge on any atom is 0.209 e. The zero-order chi connectivity index (χ0) is 13.4. The maximum absolute atomic E-state index is 10.3. The third-order valence-corrected chi connectivity index (χ3v) is 3.77. The molecule has 2 rings (SSSR count). The molecule has 4 heteroatoms. The molecule has 0 radical (unpaired) electrons. The summed E-state index contributed by atoms with van der Waals surface area (Å²) in [5, 5.41) is 3.23. The van der Waals surface area contributed by atoms with E-state index in [2.05, 4.69) is 19.2 Å². The van der Waals surface area contributed by atoms with Crippen LogP contribution in [0.15, 0.2) is 0 Å². The Labute approximate surface area is 111 Å². The molecular weight excluding hydrogens is 228 g/mol. The number of carbonyl (C=O) groups is 1. The SMILES string of the molecule is CC(C)C1CCN(C=O)C1.CCOC1CCNC1. The van der Waals surface area contributed by atoms with Gasteiger partial charge in [0.05, 0.1) is 6.10 Å². The van der Waals surface area contributed by atoms with E-state index in [4.69, 9.17) is 4.74 Å². The summed E-state index contributed by atoms with van der Waals surface area (Å²) in [5.41, 5.74) is 0. The largest absolute Gasteiger partial charge is 0.377 e. The number of hydrogen-bond donors (Lipinski definition) is 1. The van der Waals surface area contributed by atoms with E-state index >= 15 is 0 Å². The van der Waals surface area contributed by atoms with Crippen LogP contribution < -0.4 is 5.32 Å². The average Bonchev–Trinajstić information content (AvgIpc) is 3.00. The zero-order valence-corrected chi connectivity index (χ0v) is 12.0. The quantitative estimate of drug-likeness (QED) is 0.775. The molecule has 18 heavy (non-hydrogen) atoms. The number of nitrogens with zero attached hydrogens (tertiary/aromatic N) is 1. The van der Waals surface area contributed by atoms with E-state index in [9.17, 15) is 4.79 Å². The van der Waals surface area contributed by atoms with Crippen molar-refractivity contribution >= 4 is 6.41 Å². The van der Waals surface area contributed by atoms with Crippen molar-refractivity contribution in [2.45, 2.75) is 39.7 Å². The van der Waals surface area contributed by atoms with E-state index in [1.54, 1.807) is 0 Å². The molecule has 0 aromatic carbocycles. The first-order valence-corrected chi connectivity index (χ1v) is 7.19. The second kappa shape index (κ2) is 8.48. The summed E-state index contributed by atoms with van der Waals surface area (Å²) in [6.45, 7) is 11.5. The lowest BCUT2D eigenvalue weighted by Crippen LogP contribution is -2.19. The monoisotopic (exact) mass is 256 g/mol. The predicted octanol–water partition coefficient (Wildman–Crippen LogP) is 1.51. The molecule has 0 aliphatic carbocycles. The van der Waals surface area contributed by atoms with Gasteiger partial charge in [-0.25, -0.2) is 0 Å². The molecule has 0 aromatic heterocycles. The van der Waals surface area contributed by atoms with Crippen molar-refractivity contribution in [2.75, 3.05) is 32.8 Å². The first kappa shape index (κ1) is 15.4. The van der Waals surface area contributed by atoms with Crippen molar-refractivity contribution in [3.8, 4) is 0 Å². The Hall–Kier alpha value is -0.610. The van der Waals surface area contributed by atoms with Gasteiger partial charge in [-0.2, -0.15) is 0 Å². The van der Waals surface area contributed by atoms with Gasteiger partial charge in [-0.1, -0.05) is 13.8 Å². The van der Waals surface area contributed by atoms with Crippen molar-refractivity contribution < 1.29 is 9.53 Å². The highest BCUT2D eigenvalue weighted by atomic mass is 16.5. The van der Waals surface area contributed by atoms with E-state index in [0.717, 1.165) is 51.0 Å². The smallest absolute Gasteiger partial charge is 0.209 e. The van der Waals surface area contributed by atoms with Gasteiger partial charge >= 0.3 is 0 Å². The normalized spacial score (nSPS) is 27.2. The summed E-state index contributed by atoms with van der Waals surface area (Å²) in [4.78, 5) is 12.2. The molecule has 2 unspecified atom stereocenters. The lowest BCUT2D eigenvalue weighted by molar-refractivity contribution is -0.117. The fraction of sp³-hybridized carbons (Fsp3) is 0.929. The standard InChI is InChI=1S/C8H15NO.C6H13NO/c1-7(2)8-3-4-9(5-8)6-10;1-2-8-6-3-4-7-5-6/h6-8H,3-5H2,1-2H3;6-7H,2-5H2,1H3. The highest BCUT2D eigenvalue weighted by Crippen LogP contribution is 2.21. The van der Waals surface area contributed by atoms with Gasteiger partial charge in [-0.3, -0.25) is 4.79 Å². The molecule has 2 saturated heterocycles. The van der Waals surface area contributed by atoms with E-state index in [0.29, 0.717) is 6.10 Å². The van der Waals surface area contributed by atoms with E-state index in [-0.39, 0.29) is 0 Å². The molecule has 2 aliphatic rings. The molecule has 0 bridgehead atoms. The second-order valence-corrected chi connectivity index (χ2v) is 5.46. The fourth-order valence-corrected chi connectivity index (χ4v) is 2.46.